The number of hydrogen-bond acceptors (Lipinski definition) is 3. The first-order valence-electron chi connectivity index (χ1n) is 5.12. The van der Waals surface area contributed by atoms with Gasteiger partial charge in [0.1, 0.15) is 0 Å². The van der Waals surface area contributed by atoms with E-state index in [1.807, 2.05) is 6.92 Å². The van der Waals surface area contributed by atoms with Crippen molar-refractivity contribution < 1.29 is 4.79 Å². The monoisotopic (exact) mass is 288 g/mol. The first-order chi connectivity index (χ1) is 8.11. The number of benzene rings is 1. The highest BCUT2D eigenvalue weighted by atomic mass is 35.5. The topological polar surface area (TPSA) is 41.5 Å². The van der Waals surface area contributed by atoms with Crippen molar-refractivity contribution >= 4 is 51.7 Å². The van der Waals surface area contributed by atoms with Crippen LogP contribution >= 0.6 is 35.0 Å². The van der Waals surface area contributed by atoms with Gasteiger partial charge in [-0.2, -0.15) is 0 Å². The van der Waals surface area contributed by atoms with Crippen LogP contribution in [-0.2, 0) is 4.79 Å². The third-order valence-electron chi connectivity index (χ3n) is 2.30. The number of amidine groups is 1. The molecule has 6 heteroatoms. The van der Waals surface area contributed by atoms with Gasteiger partial charge in [0.2, 0.25) is 5.91 Å². The molecule has 1 aromatic rings. The molecule has 1 aliphatic heterocycles. The lowest BCUT2D eigenvalue weighted by molar-refractivity contribution is -0.118. The minimum Gasteiger partial charge on any atom is -0.304 e. The number of thioether (sulfide) groups is 1. The zero-order valence-corrected chi connectivity index (χ0v) is 11.4. The average Bonchev–Trinajstić information content (AvgIpc) is 2.65. The molecule has 0 bridgehead atoms. The van der Waals surface area contributed by atoms with Crippen LogP contribution in [0, 0.1) is 0 Å². The highest BCUT2D eigenvalue weighted by Gasteiger charge is 2.28. The maximum absolute atomic E-state index is 11.5. The molecule has 1 heterocycles. The van der Waals surface area contributed by atoms with Crippen LogP contribution < -0.4 is 5.32 Å². The Morgan fingerprint density at radius 1 is 1.47 bits per heavy atom. The molecule has 0 saturated carbocycles. The second kappa shape index (κ2) is 5.29. The Labute approximate surface area is 114 Å². The van der Waals surface area contributed by atoms with Crippen molar-refractivity contribution in [2.45, 2.75) is 18.6 Å². The first kappa shape index (κ1) is 12.7. The maximum Gasteiger partial charge on any atom is 0.239 e. The number of halogens is 2. The fourth-order valence-corrected chi connectivity index (χ4v) is 2.67. The molecule has 2 rings (SSSR count). The van der Waals surface area contributed by atoms with Crippen LogP contribution in [0.1, 0.15) is 13.3 Å². The van der Waals surface area contributed by atoms with E-state index in [1.165, 1.54) is 11.8 Å². The van der Waals surface area contributed by atoms with Gasteiger partial charge in [-0.3, -0.25) is 4.79 Å². The van der Waals surface area contributed by atoms with Crippen molar-refractivity contribution in [1.82, 2.24) is 5.32 Å². The van der Waals surface area contributed by atoms with Crippen molar-refractivity contribution in [2.24, 2.45) is 4.99 Å². The quantitative estimate of drug-likeness (QED) is 0.903. The predicted octanol–water partition coefficient (Wildman–Crippen LogP) is 3.62. The Hall–Kier alpha value is -0.710. The summed E-state index contributed by atoms with van der Waals surface area (Å²) >= 11 is 13.3. The number of nitrogens with one attached hydrogen (secondary N) is 1. The van der Waals surface area contributed by atoms with Crippen LogP contribution in [0.2, 0.25) is 10.0 Å². The van der Waals surface area contributed by atoms with E-state index in [0.717, 1.165) is 6.42 Å². The van der Waals surface area contributed by atoms with E-state index in [1.54, 1.807) is 18.2 Å². The van der Waals surface area contributed by atoms with E-state index < -0.39 is 0 Å². The van der Waals surface area contributed by atoms with E-state index in [4.69, 9.17) is 23.2 Å². The van der Waals surface area contributed by atoms with Gasteiger partial charge in [-0.25, -0.2) is 4.99 Å². The Morgan fingerprint density at radius 3 is 2.88 bits per heavy atom. The minimum absolute atomic E-state index is 0.00518. The smallest absolute Gasteiger partial charge is 0.239 e. The van der Waals surface area contributed by atoms with E-state index >= 15 is 0 Å². The molecule has 1 fully saturated rings. The largest absolute Gasteiger partial charge is 0.304 e. The summed E-state index contributed by atoms with van der Waals surface area (Å²) in [7, 11) is 0. The third kappa shape index (κ3) is 2.76. The van der Waals surface area contributed by atoms with Gasteiger partial charge in [0.05, 0.1) is 21.0 Å². The number of carbonyl (C=O) groups excluding carboxylic acids is 1. The average molecular weight is 289 g/mol. The highest BCUT2D eigenvalue weighted by molar-refractivity contribution is 8.15. The minimum atomic E-state index is -0.0632. The molecule has 1 aromatic carbocycles. The molecule has 1 N–H and O–H groups in total. The van der Waals surface area contributed by atoms with E-state index in [0.29, 0.717) is 20.9 Å². The first-order valence-corrected chi connectivity index (χ1v) is 6.75. The summed E-state index contributed by atoms with van der Waals surface area (Å²) < 4.78 is 0. The van der Waals surface area contributed by atoms with Gasteiger partial charge in [-0.15, -0.1) is 0 Å². The summed E-state index contributed by atoms with van der Waals surface area (Å²) in [6.07, 6.45) is 0.777. The van der Waals surface area contributed by atoms with Crippen LogP contribution in [0.15, 0.2) is 23.2 Å². The molecule has 1 amide bonds. The molecule has 0 aliphatic carbocycles. The lowest BCUT2D eigenvalue weighted by Crippen LogP contribution is -2.24. The van der Waals surface area contributed by atoms with Gasteiger partial charge in [0, 0.05) is 0 Å². The van der Waals surface area contributed by atoms with Crippen LogP contribution in [0.5, 0.6) is 0 Å². The standard InChI is InChI=1S/C11H10Cl2N2OS/c1-2-8-10(16)15-11(17-8)14-7-5-3-4-6(12)9(7)13/h3-5,8H,2H2,1H3,(H,14,15,16)/t8-/m1/s1. The number of nitrogens with zero attached hydrogens (tertiary/aromatic N) is 1. The van der Waals surface area contributed by atoms with Gasteiger partial charge < -0.3 is 5.32 Å². The molecular weight excluding hydrogens is 279 g/mol. The molecule has 1 saturated heterocycles. The number of amides is 1. The van der Waals surface area contributed by atoms with E-state index in [2.05, 4.69) is 10.3 Å². The van der Waals surface area contributed by atoms with Gasteiger partial charge in [-0.1, -0.05) is 48.0 Å². The van der Waals surface area contributed by atoms with Crippen molar-refractivity contribution in [1.29, 1.82) is 0 Å². The molecule has 0 spiro atoms. The molecule has 1 aliphatic rings. The van der Waals surface area contributed by atoms with Gasteiger partial charge >= 0.3 is 0 Å². The van der Waals surface area contributed by atoms with Crippen molar-refractivity contribution in [3.05, 3.63) is 28.2 Å². The lowest BCUT2D eigenvalue weighted by Gasteiger charge is -2.01. The van der Waals surface area contributed by atoms with Crippen LogP contribution in [0.3, 0.4) is 0 Å². The van der Waals surface area contributed by atoms with Crippen LogP contribution in [0.25, 0.3) is 0 Å². The Bertz CT molecular complexity index is 490. The fraction of sp³-hybridized carbons (Fsp3) is 0.273. The zero-order chi connectivity index (χ0) is 12.4. The second-order valence-corrected chi connectivity index (χ2v) is 5.47. The highest BCUT2D eigenvalue weighted by Crippen LogP contribution is 2.33. The van der Waals surface area contributed by atoms with Crippen LogP contribution in [0.4, 0.5) is 5.69 Å². The van der Waals surface area contributed by atoms with Crippen molar-refractivity contribution in [3.63, 3.8) is 0 Å². The normalized spacial score (nSPS) is 21.9. The summed E-state index contributed by atoms with van der Waals surface area (Å²) in [6.45, 7) is 1.96. The molecular formula is C11H10Cl2N2OS. The second-order valence-electron chi connectivity index (χ2n) is 3.49. The Balaban J connectivity index is 2.26. The van der Waals surface area contributed by atoms with Gasteiger partial charge in [0.25, 0.3) is 0 Å². The third-order valence-corrected chi connectivity index (χ3v) is 4.36. The fourth-order valence-electron chi connectivity index (χ4n) is 1.41. The number of aliphatic imine (C=N–C) groups is 1. The predicted molar refractivity (Wildman–Crippen MR) is 73.4 cm³/mol. The lowest BCUT2D eigenvalue weighted by atomic mass is 10.3. The number of rotatable bonds is 2. The van der Waals surface area contributed by atoms with Crippen LogP contribution in [-0.4, -0.2) is 16.3 Å². The SMILES string of the molecule is CC[C@H]1SC(=Nc2cccc(Cl)c2Cl)NC1=O. The Morgan fingerprint density at radius 2 is 2.24 bits per heavy atom. The zero-order valence-electron chi connectivity index (χ0n) is 9.04. The molecule has 90 valence electrons. The Kier molecular flexibility index (Phi) is 3.97. The van der Waals surface area contributed by atoms with Gasteiger partial charge in [-0.05, 0) is 18.6 Å². The maximum atomic E-state index is 11.5. The van der Waals surface area contributed by atoms with E-state index in [-0.39, 0.29) is 11.2 Å². The summed E-state index contributed by atoms with van der Waals surface area (Å²) in [5.74, 6) is -0.00518. The summed E-state index contributed by atoms with van der Waals surface area (Å²) in [4.78, 5) is 15.8. The summed E-state index contributed by atoms with van der Waals surface area (Å²) in [5.41, 5.74) is 0.568. The number of carbonyl (C=O) groups is 1. The summed E-state index contributed by atoms with van der Waals surface area (Å²) in [6, 6.07) is 5.22. The molecule has 17 heavy (non-hydrogen) atoms. The molecule has 1 atom stereocenters. The summed E-state index contributed by atoms with van der Waals surface area (Å²) in [5, 5.41) is 4.09. The molecule has 0 unspecified atom stereocenters. The van der Waals surface area contributed by atoms with Crippen molar-refractivity contribution in [3.8, 4) is 0 Å². The van der Waals surface area contributed by atoms with Gasteiger partial charge in [0.15, 0.2) is 5.17 Å². The van der Waals surface area contributed by atoms with Crippen molar-refractivity contribution in [2.75, 3.05) is 0 Å². The molecule has 0 aromatic heterocycles. The molecule has 3 nitrogen and oxygen atoms in total. The molecule has 0 radical (unpaired) electrons. The number of hydrogen-bond donors (Lipinski definition) is 1. The van der Waals surface area contributed by atoms with E-state index in [9.17, 15) is 4.79 Å².